The van der Waals surface area contributed by atoms with Crippen LogP contribution in [0.2, 0.25) is 0 Å². The van der Waals surface area contributed by atoms with Gasteiger partial charge >= 0.3 is 0 Å². The molecule has 2 heterocycles. The van der Waals surface area contributed by atoms with Gasteiger partial charge in [-0.1, -0.05) is 18.2 Å². The van der Waals surface area contributed by atoms with Crippen molar-refractivity contribution in [2.24, 2.45) is 0 Å². The predicted octanol–water partition coefficient (Wildman–Crippen LogP) is 3.07. The molecule has 1 aromatic rings. The Morgan fingerprint density at radius 1 is 1.43 bits per heavy atom. The van der Waals surface area contributed by atoms with Crippen LogP contribution >= 0.6 is 0 Å². The van der Waals surface area contributed by atoms with Crippen molar-refractivity contribution in [1.29, 1.82) is 0 Å². The van der Waals surface area contributed by atoms with Crippen LogP contribution in [0, 0.1) is 5.82 Å². The van der Waals surface area contributed by atoms with Gasteiger partial charge in [0, 0.05) is 25.1 Å². The van der Waals surface area contributed by atoms with Crippen LogP contribution in [0.4, 0.5) is 4.39 Å². The number of carbonyl (C=O) groups is 1. The number of amides is 1. The third-order valence-electron chi connectivity index (χ3n) is 4.35. The first-order valence-corrected chi connectivity index (χ1v) is 7.98. The molecule has 3 rings (SSSR count). The van der Waals surface area contributed by atoms with Crippen molar-refractivity contribution < 1.29 is 13.9 Å². The maximum atomic E-state index is 13.6. The third-order valence-corrected chi connectivity index (χ3v) is 4.35. The summed E-state index contributed by atoms with van der Waals surface area (Å²) in [5.41, 5.74) is 1.61. The van der Waals surface area contributed by atoms with E-state index in [9.17, 15) is 9.18 Å². The number of rotatable bonds is 4. The maximum Gasteiger partial charge on any atom is 0.242 e. The molecular formula is C18H21FN2O2. The normalized spacial score (nSPS) is 21.4. The minimum Gasteiger partial charge on any atom is -0.468 e. The number of ether oxygens (including phenoxy) is 1. The fraction of sp³-hybridized carbons (Fsp3) is 0.389. The van der Waals surface area contributed by atoms with Crippen molar-refractivity contribution in [2.45, 2.75) is 38.8 Å². The lowest BCUT2D eigenvalue weighted by atomic mass is 10.2. The summed E-state index contributed by atoms with van der Waals surface area (Å²) in [5.74, 6) is 0.547. The fourth-order valence-electron chi connectivity index (χ4n) is 3.06. The maximum absolute atomic E-state index is 13.6. The molecule has 2 aliphatic heterocycles. The topological polar surface area (TPSA) is 41.6 Å². The quantitative estimate of drug-likeness (QED) is 0.928. The summed E-state index contributed by atoms with van der Waals surface area (Å²) in [6.07, 6.45) is 6.41. The van der Waals surface area contributed by atoms with E-state index in [2.05, 4.69) is 10.2 Å². The first-order chi connectivity index (χ1) is 11.2. The van der Waals surface area contributed by atoms with Crippen molar-refractivity contribution in [3.8, 4) is 0 Å². The van der Waals surface area contributed by atoms with Gasteiger partial charge in [-0.15, -0.1) is 0 Å². The van der Waals surface area contributed by atoms with Gasteiger partial charge in [0.2, 0.25) is 5.91 Å². The van der Waals surface area contributed by atoms with Crippen molar-refractivity contribution in [1.82, 2.24) is 10.2 Å². The molecule has 5 heteroatoms. The molecule has 1 atom stereocenters. The molecule has 1 fully saturated rings. The van der Waals surface area contributed by atoms with Crippen molar-refractivity contribution in [3.63, 3.8) is 0 Å². The molecule has 1 aromatic carbocycles. The molecule has 0 spiro atoms. The van der Waals surface area contributed by atoms with E-state index < -0.39 is 0 Å². The Bertz CT molecular complexity index is 644. The van der Waals surface area contributed by atoms with Crippen LogP contribution in [-0.2, 0) is 16.1 Å². The van der Waals surface area contributed by atoms with Crippen molar-refractivity contribution in [2.75, 3.05) is 6.54 Å². The second kappa shape index (κ2) is 6.86. The lowest BCUT2D eigenvalue weighted by Crippen LogP contribution is -2.43. The molecule has 1 saturated heterocycles. The first kappa shape index (κ1) is 15.6. The van der Waals surface area contributed by atoms with Gasteiger partial charge in [-0.05, 0) is 31.9 Å². The highest BCUT2D eigenvalue weighted by atomic mass is 19.1. The summed E-state index contributed by atoms with van der Waals surface area (Å²) in [4.78, 5) is 14.5. The Kier molecular flexibility index (Phi) is 4.65. The standard InChI is InChI=1S/C18H21FN2O2/c1-13(18(22)20-12-14-6-2-3-7-15(14)19)21-10-4-8-16(21)17-9-5-11-23-17/h2-3,5-7,11,13H,4,8-10,12H2,1H3,(H,20,22). The molecule has 2 aliphatic rings. The minimum atomic E-state index is -0.296. The summed E-state index contributed by atoms with van der Waals surface area (Å²) in [7, 11) is 0. The number of carbonyl (C=O) groups excluding carboxylic acids is 1. The van der Waals surface area contributed by atoms with E-state index in [4.69, 9.17) is 4.74 Å². The van der Waals surface area contributed by atoms with Crippen LogP contribution in [0.25, 0.3) is 0 Å². The number of benzene rings is 1. The summed E-state index contributed by atoms with van der Waals surface area (Å²) in [6, 6.07) is 6.19. The number of allylic oxidation sites excluding steroid dienone is 2. The number of nitrogens with one attached hydrogen (secondary N) is 1. The van der Waals surface area contributed by atoms with Crippen LogP contribution in [0.1, 0.15) is 31.7 Å². The highest BCUT2D eigenvalue weighted by molar-refractivity contribution is 5.81. The molecule has 1 unspecified atom stereocenters. The SMILES string of the molecule is CC(C(=O)NCc1ccccc1F)N1CCCC1=C1CC=CO1. The van der Waals surface area contributed by atoms with Crippen LogP contribution in [0.3, 0.4) is 0 Å². The van der Waals surface area contributed by atoms with E-state index in [1.807, 2.05) is 13.0 Å². The molecule has 1 amide bonds. The van der Waals surface area contributed by atoms with Gasteiger partial charge in [-0.3, -0.25) is 4.79 Å². The second-order valence-electron chi connectivity index (χ2n) is 5.85. The number of hydrogen-bond donors (Lipinski definition) is 1. The highest BCUT2D eigenvalue weighted by Gasteiger charge is 2.30. The van der Waals surface area contributed by atoms with Crippen molar-refractivity contribution >= 4 is 5.91 Å². The van der Waals surface area contributed by atoms with E-state index in [-0.39, 0.29) is 24.3 Å². The minimum absolute atomic E-state index is 0.0980. The molecule has 122 valence electrons. The van der Waals surface area contributed by atoms with Gasteiger partial charge in [0.25, 0.3) is 0 Å². The Morgan fingerprint density at radius 3 is 3.00 bits per heavy atom. The Labute approximate surface area is 135 Å². The van der Waals surface area contributed by atoms with E-state index in [0.717, 1.165) is 37.3 Å². The third kappa shape index (κ3) is 3.38. The van der Waals surface area contributed by atoms with E-state index in [0.29, 0.717) is 5.56 Å². The van der Waals surface area contributed by atoms with Gasteiger partial charge in [-0.25, -0.2) is 4.39 Å². The summed E-state index contributed by atoms with van der Waals surface area (Å²) < 4.78 is 19.1. The molecule has 4 nitrogen and oxygen atoms in total. The van der Waals surface area contributed by atoms with E-state index in [1.54, 1.807) is 24.5 Å². The van der Waals surface area contributed by atoms with Crippen LogP contribution in [0.15, 0.2) is 48.1 Å². The van der Waals surface area contributed by atoms with E-state index >= 15 is 0 Å². The van der Waals surface area contributed by atoms with Crippen LogP contribution in [0.5, 0.6) is 0 Å². The molecule has 0 radical (unpaired) electrons. The lowest BCUT2D eigenvalue weighted by molar-refractivity contribution is -0.125. The number of hydrogen-bond acceptors (Lipinski definition) is 3. The zero-order valence-electron chi connectivity index (χ0n) is 13.2. The fourth-order valence-corrected chi connectivity index (χ4v) is 3.06. The van der Waals surface area contributed by atoms with Gasteiger partial charge in [0.15, 0.2) is 0 Å². The zero-order chi connectivity index (χ0) is 16.2. The highest BCUT2D eigenvalue weighted by Crippen LogP contribution is 2.30. The molecule has 0 aliphatic carbocycles. The molecule has 0 aromatic heterocycles. The average molecular weight is 316 g/mol. The average Bonchev–Trinajstić information content (AvgIpc) is 3.23. The van der Waals surface area contributed by atoms with Crippen LogP contribution < -0.4 is 5.32 Å². The Morgan fingerprint density at radius 2 is 2.26 bits per heavy atom. The van der Waals surface area contributed by atoms with Gasteiger partial charge < -0.3 is 15.0 Å². The molecule has 1 N–H and O–H groups in total. The van der Waals surface area contributed by atoms with Crippen LogP contribution in [-0.4, -0.2) is 23.4 Å². The van der Waals surface area contributed by atoms with E-state index in [1.165, 1.54) is 6.07 Å². The summed E-state index contributed by atoms with van der Waals surface area (Å²) in [6.45, 7) is 2.93. The smallest absolute Gasteiger partial charge is 0.242 e. The molecular weight excluding hydrogens is 295 g/mol. The van der Waals surface area contributed by atoms with Gasteiger partial charge in [-0.2, -0.15) is 0 Å². The largest absolute Gasteiger partial charge is 0.468 e. The molecule has 0 saturated carbocycles. The number of halogens is 1. The Balaban J connectivity index is 1.63. The second-order valence-corrected chi connectivity index (χ2v) is 5.85. The number of nitrogens with zero attached hydrogens (tertiary/aromatic N) is 1. The summed E-state index contributed by atoms with van der Waals surface area (Å²) >= 11 is 0. The predicted molar refractivity (Wildman–Crippen MR) is 85.5 cm³/mol. The monoisotopic (exact) mass is 316 g/mol. The number of likely N-dealkylation sites (tertiary alicyclic amines) is 1. The van der Waals surface area contributed by atoms with Gasteiger partial charge in [0.1, 0.15) is 17.6 Å². The molecule has 23 heavy (non-hydrogen) atoms. The first-order valence-electron chi connectivity index (χ1n) is 7.98. The molecule has 0 bridgehead atoms. The van der Waals surface area contributed by atoms with Gasteiger partial charge in [0.05, 0.1) is 12.0 Å². The van der Waals surface area contributed by atoms with Crippen molar-refractivity contribution in [3.05, 3.63) is 59.4 Å². The lowest BCUT2D eigenvalue weighted by Gasteiger charge is -2.27. The zero-order valence-corrected chi connectivity index (χ0v) is 13.2. The summed E-state index contributed by atoms with van der Waals surface area (Å²) in [5, 5.41) is 2.83. The Hall–Kier alpha value is -2.30.